The van der Waals surface area contributed by atoms with E-state index in [2.05, 4.69) is 9.88 Å². The van der Waals surface area contributed by atoms with Gasteiger partial charge in [0.15, 0.2) is 0 Å². The summed E-state index contributed by atoms with van der Waals surface area (Å²) >= 11 is 0. The van der Waals surface area contributed by atoms with E-state index in [1.807, 2.05) is 49.4 Å². The van der Waals surface area contributed by atoms with E-state index in [1.165, 1.54) is 0 Å². The number of aryl methyl sites for hydroxylation is 2. The molecule has 1 heterocycles. The van der Waals surface area contributed by atoms with Gasteiger partial charge in [-0.25, -0.2) is 9.78 Å². The van der Waals surface area contributed by atoms with Crippen molar-refractivity contribution in [1.82, 2.24) is 14.9 Å². The van der Waals surface area contributed by atoms with Crippen LogP contribution in [0.5, 0.6) is 0 Å². The molecule has 0 saturated carbocycles. The molecule has 0 unspecified atom stereocenters. The first kappa shape index (κ1) is 20.3. The van der Waals surface area contributed by atoms with E-state index >= 15 is 0 Å². The van der Waals surface area contributed by atoms with Gasteiger partial charge >= 0.3 is 5.97 Å². The number of nitrogens with one attached hydrogen (secondary N) is 1. The van der Waals surface area contributed by atoms with Gasteiger partial charge in [-0.05, 0) is 54.8 Å². The minimum absolute atomic E-state index is 0.157. The van der Waals surface area contributed by atoms with Crippen molar-refractivity contribution in [3.63, 3.8) is 0 Å². The highest BCUT2D eigenvalue weighted by Crippen LogP contribution is 2.34. The van der Waals surface area contributed by atoms with Gasteiger partial charge in [0.2, 0.25) is 0 Å². The van der Waals surface area contributed by atoms with Gasteiger partial charge in [0.05, 0.1) is 16.6 Å². The third-order valence-electron chi connectivity index (χ3n) is 5.50. The third kappa shape index (κ3) is 3.57. The number of aromatic carboxylic acids is 1. The second-order valence-electron chi connectivity index (χ2n) is 7.34. The van der Waals surface area contributed by atoms with Crippen molar-refractivity contribution in [1.29, 1.82) is 0 Å². The van der Waals surface area contributed by atoms with Crippen LogP contribution in [0.25, 0.3) is 33.5 Å². The number of rotatable bonds is 5. The van der Waals surface area contributed by atoms with Crippen molar-refractivity contribution in [3.05, 3.63) is 77.4 Å². The largest absolute Gasteiger partial charge is 0.478 e. The second-order valence-corrected chi connectivity index (χ2v) is 7.34. The van der Waals surface area contributed by atoms with Crippen LogP contribution < -0.4 is 5.32 Å². The Hall–Kier alpha value is -3.93. The summed E-state index contributed by atoms with van der Waals surface area (Å²) in [5.41, 5.74) is 5.86. The Balaban J connectivity index is 1.93. The lowest BCUT2D eigenvalue weighted by molar-refractivity contribution is 0.0696. The van der Waals surface area contributed by atoms with E-state index in [1.54, 1.807) is 32.2 Å². The van der Waals surface area contributed by atoms with Gasteiger partial charge in [0.25, 0.3) is 5.91 Å². The molecule has 0 spiro atoms. The molecule has 156 valence electrons. The number of carboxylic acid groups (broad SMARTS) is 1. The third-order valence-corrected chi connectivity index (χ3v) is 5.50. The highest BCUT2D eigenvalue weighted by atomic mass is 16.4. The number of benzene rings is 3. The number of carboxylic acids is 1. The molecule has 0 aliphatic heterocycles. The molecule has 0 saturated heterocycles. The summed E-state index contributed by atoms with van der Waals surface area (Å²) in [6.07, 6.45) is 0. The summed E-state index contributed by atoms with van der Waals surface area (Å²) in [7, 11) is 1.60. The first-order chi connectivity index (χ1) is 14.9. The minimum atomic E-state index is -0.945. The van der Waals surface area contributed by atoms with Crippen LogP contribution in [0, 0.1) is 6.92 Å². The Morgan fingerprint density at radius 2 is 1.77 bits per heavy atom. The molecule has 1 amide bonds. The molecule has 0 fully saturated rings. The van der Waals surface area contributed by atoms with Crippen LogP contribution in [-0.4, -0.2) is 33.6 Å². The van der Waals surface area contributed by atoms with Crippen LogP contribution >= 0.6 is 0 Å². The summed E-state index contributed by atoms with van der Waals surface area (Å²) in [5.74, 6) is -0.324. The Kier molecular flexibility index (Phi) is 5.29. The Morgan fingerprint density at radius 1 is 1.03 bits per heavy atom. The Bertz CT molecular complexity index is 1320. The topological polar surface area (TPSA) is 84.2 Å². The molecular formula is C25H23N3O3. The smallest absolute Gasteiger partial charge is 0.335 e. The first-order valence-corrected chi connectivity index (χ1v) is 10.1. The van der Waals surface area contributed by atoms with Crippen molar-refractivity contribution < 1.29 is 14.7 Å². The molecule has 2 N–H and O–H groups in total. The van der Waals surface area contributed by atoms with Crippen molar-refractivity contribution in [3.8, 4) is 22.5 Å². The lowest BCUT2D eigenvalue weighted by atomic mass is 9.95. The van der Waals surface area contributed by atoms with Gasteiger partial charge in [-0.15, -0.1) is 0 Å². The van der Waals surface area contributed by atoms with Gasteiger partial charge < -0.3 is 15.0 Å². The summed E-state index contributed by atoms with van der Waals surface area (Å²) in [6.45, 7) is 4.54. The zero-order valence-electron chi connectivity index (χ0n) is 17.6. The number of imidazole rings is 1. The molecule has 0 radical (unpaired) electrons. The molecule has 4 aromatic rings. The average Bonchev–Trinajstić information content (AvgIpc) is 3.16. The normalized spacial score (nSPS) is 10.9. The molecule has 0 atom stereocenters. The van der Waals surface area contributed by atoms with Crippen molar-refractivity contribution in [2.45, 2.75) is 20.4 Å². The average molecular weight is 413 g/mol. The molecule has 3 aromatic carbocycles. The number of carbonyl (C=O) groups excluding carboxylic acids is 1. The monoisotopic (exact) mass is 413 g/mol. The van der Waals surface area contributed by atoms with Crippen LogP contribution in [0.15, 0.2) is 60.7 Å². The van der Waals surface area contributed by atoms with Crippen LogP contribution in [0.2, 0.25) is 0 Å². The lowest BCUT2D eigenvalue weighted by Gasteiger charge is -2.13. The Morgan fingerprint density at radius 3 is 2.45 bits per heavy atom. The molecule has 0 aliphatic carbocycles. The van der Waals surface area contributed by atoms with Crippen LogP contribution in [-0.2, 0) is 6.54 Å². The highest BCUT2D eigenvalue weighted by Gasteiger charge is 2.18. The van der Waals surface area contributed by atoms with E-state index < -0.39 is 5.97 Å². The van der Waals surface area contributed by atoms with Gasteiger partial charge in [0.1, 0.15) is 5.82 Å². The minimum Gasteiger partial charge on any atom is -0.478 e. The van der Waals surface area contributed by atoms with Crippen LogP contribution in [0.1, 0.15) is 33.2 Å². The molecule has 6 nitrogen and oxygen atoms in total. The second kappa shape index (κ2) is 8.07. The number of nitrogens with zero attached hydrogens (tertiary/aromatic N) is 2. The van der Waals surface area contributed by atoms with E-state index in [9.17, 15) is 14.7 Å². The predicted octanol–water partition coefficient (Wildman–Crippen LogP) is 4.76. The number of hydrogen-bond acceptors (Lipinski definition) is 3. The molecule has 4 rings (SSSR count). The summed E-state index contributed by atoms with van der Waals surface area (Å²) in [4.78, 5) is 28.5. The molecule has 0 bridgehead atoms. The molecule has 0 aliphatic rings. The van der Waals surface area contributed by atoms with E-state index in [0.29, 0.717) is 12.1 Å². The fraction of sp³-hybridized carbons (Fsp3) is 0.160. The quantitative estimate of drug-likeness (QED) is 0.494. The highest BCUT2D eigenvalue weighted by molar-refractivity contribution is 5.98. The fourth-order valence-corrected chi connectivity index (χ4v) is 3.89. The van der Waals surface area contributed by atoms with E-state index in [4.69, 9.17) is 4.98 Å². The van der Waals surface area contributed by atoms with Crippen LogP contribution in [0.3, 0.4) is 0 Å². The zero-order valence-corrected chi connectivity index (χ0v) is 17.6. The molecule has 6 heteroatoms. The maximum absolute atomic E-state index is 12.0. The standard InChI is InChI=1S/C25H23N3O3/c1-4-28-22-12-11-17(24(29)26-3)14-21(22)27-23(28)19-8-6-5-7-18(19)16-10-9-15(2)20(13-16)25(30)31/h5-14H,4H2,1-3H3,(H,26,29)(H,30,31). The number of amides is 1. The molecular weight excluding hydrogens is 390 g/mol. The summed E-state index contributed by atoms with van der Waals surface area (Å²) in [5, 5.41) is 12.2. The Labute approximate surface area is 180 Å². The predicted molar refractivity (Wildman–Crippen MR) is 121 cm³/mol. The summed E-state index contributed by atoms with van der Waals surface area (Å²) < 4.78 is 2.11. The van der Waals surface area contributed by atoms with Crippen molar-refractivity contribution >= 4 is 22.9 Å². The van der Waals surface area contributed by atoms with Gasteiger partial charge in [-0.3, -0.25) is 4.79 Å². The maximum atomic E-state index is 12.0. The van der Waals surface area contributed by atoms with Gasteiger partial charge in [-0.2, -0.15) is 0 Å². The number of fused-ring (bicyclic) bond motifs is 1. The fourth-order valence-electron chi connectivity index (χ4n) is 3.89. The van der Waals surface area contributed by atoms with Crippen LogP contribution in [0.4, 0.5) is 0 Å². The number of carbonyl (C=O) groups is 2. The first-order valence-electron chi connectivity index (χ1n) is 10.1. The van der Waals surface area contributed by atoms with Crippen molar-refractivity contribution in [2.75, 3.05) is 7.05 Å². The lowest BCUT2D eigenvalue weighted by Crippen LogP contribution is -2.17. The number of aromatic nitrogens is 2. The van der Waals surface area contributed by atoms with Gasteiger partial charge in [-0.1, -0.05) is 36.4 Å². The van der Waals surface area contributed by atoms with E-state index in [0.717, 1.165) is 39.1 Å². The zero-order chi connectivity index (χ0) is 22.1. The van der Waals surface area contributed by atoms with Crippen molar-refractivity contribution in [2.24, 2.45) is 0 Å². The summed E-state index contributed by atoms with van der Waals surface area (Å²) in [6, 6.07) is 18.8. The molecule has 31 heavy (non-hydrogen) atoms. The molecule has 1 aromatic heterocycles. The maximum Gasteiger partial charge on any atom is 0.335 e. The van der Waals surface area contributed by atoms with Gasteiger partial charge in [0, 0.05) is 24.7 Å². The SMILES string of the molecule is CCn1c(-c2ccccc2-c2ccc(C)c(C(=O)O)c2)nc2cc(C(=O)NC)ccc21. The van der Waals surface area contributed by atoms with E-state index in [-0.39, 0.29) is 11.5 Å². The number of hydrogen-bond donors (Lipinski definition) is 2.